The minimum Gasteiger partial charge on any atom is -0.490 e. The number of carbonyl (C=O) groups is 1. The van der Waals surface area contributed by atoms with Crippen LogP contribution in [0.2, 0.25) is 5.02 Å². The molecule has 6 heteroatoms. The predicted octanol–water partition coefficient (Wildman–Crippen LogP) is 1.58. The number of amides is 1. The molecule has 1 amide bonds. The Balaban J connectivity index is 2.02. The van der Waals surface area contributed by atoms with Crippen LogP contribution in [0.15, 0.2) is 18.2 Å². The van der Waals surface area contributed by atoms with Gasteiger partial charge in [0.25, 0.3) is 5.91 Å². The first-order valence-corrected chi connectivity index (χ1v) is 6.86. The van der Waals surface area contributed by atoms with Crippen LogP contribution in [0.1, 0.15) is 24.2 Å². The van der Waals surface area contributed by atoms with Crippen molar-refractivity contribution in [2.75, 3.05) is 19.7 Å². The van der Waals surface area contributed by atoms with Gasteiger partial charge in [0.15, 0.2) is 0 Å². The molecule has 1 aliphatic rings. The van der Waals surface area contributed by atoms with E-state index < -0.39 is 5.91 Å². The Kier molecular flexibility index (Phi) is 4.52. The summed E-state index contributed by atoms with van der Waals surface area (Å²) >= 11 is 5.85. The molecular weight excluding hydrogens is 280 g/mol. The zero-order chi connectivity index (χ0) is 14.8. The Morgan fingerprint density at radius 2 is 2.35 bits per heavy atom. The molecule has 1 saturated heterocycles. The molecule has 5 nitrogen and oxygen atoms in total. The average Bonchev–Trinajstić information content (AvgIpc) is 2.36. The Hall–Kier alpha value is -1.30. The highest BCUT2D eigenvalue weighted by Gasteiger charge is 2.28. The van der Waals surface area contributed by atoms with Crippen molar-refractivity contribution in [3.63, 3.8) is 0 Å². The van der Waals surface area contributed by atoms with Gasteiger partial charge in [-0.05, 0) is 32.0 Å². The van der Waals surface area contributed by atoms with Crippen molar-refractivity contribution in [1.82, 2.24) is 5.32 Å². The van der Waals surface area contributed by atoms with E-state index in [-0.39, 0.29) is 17.3 Å². The van der Waals surface area contributed by atoms with Gasteiger partial charge >= 0.3 is 0 Å². The summed E-state index contributed by atoms with van der Waals surface area (Å²) in [4.78, 5) is 11.4. The number of nitrogens with one attached hydrogen (secondary N) is 1. The van der Waals surface area contributed by atoms with Gasteiger partial charge in [-0.1, -0.05) is 11.6 Å². The van der Waals surface area contributed by atoms with E-state index in [0.29, 0.717) is 23.9 Å². The maximum atomic E-state index is 11.4. The molecule has 3 N–H and O–H groups in total. The second kappa shape index (κ2) is 5.99. The fraction of sp³-hybridized carbons (Fsp3) is 0.500. The fourth-order valence-corrected chi connectivity index (χ4v) is 2.34. The van der Waals surface area contributed by atoms with Crippen LogP contribution >= 0.6 is 11.6 Å². The molecule has 0 saturated carbocycles. The Morgan fingerprint density at radius 1 is 1.60 bits per heavy atom. The average molecular weight is 299 g/mol. The Bertz CT molecular complexity index is 505. The lowest BCUT2D eigenvalue weighted by molar-refractivity contribution is -0.107. The summed E-state index contributed by atoms with van der Waals surface area (Å²) in [6.45, 7) is 5.89. The summed E-state index contributed by atoms with van der Waals surface area (Å²) in [7, 11) is 0. The molecule has 0 spiro atoms. The minimum absolute atomic E-state index is 0.0739. The van der Waals surface area contributed by atoms with Crippen LogP contribution in [0.4, 0.5) is 0 Å². The maximum absolute atomic E-state index is 11.4. The van der Waals surface area contributed by atoms with Gasteiger partial charge in [0.1, 0.15) is 18.5 Å². The van der Waals surface area contributed by atoms with Gasteiger partial charge in [-0.3, -0.25) is 4.79 Å². The van der Waals surface area contributed by atoms with Gasteiger partial charge in [0.05, 0.1) is 11.2 Å². The molecule has 1 aliphatic heterocycles. The number of carbonyl (C=O) groups excluding carboxylic acids is 1. The number of rotatable bonds is 4. The molecule has 1 aromatic rings. The zero-order valence-electron chi connectivity index (χ0n) is 11.6. The van der Waals surface area contributed by atoms with Crippen LogP contribution in [0.5, 0.6) is 5.75 Å². The monoisotopic (exact) mass is 298 g/mol. The summed E-state index contributed by atoms with van der Waals surface area (Å²) in [5, 5.41) is 3.74. The topological polar surface area (TPSA) is 73.6 Å². The van der Waals surface area contributed by atoms with Crippen molar-refractivity contribution in [2.45, 2.75) is 25.6 Å². The minimum atomic E-state index is -0.564. The Labute approximate surface area is 123 Å². The van der Waals surface area contributed by atoms with Crippen molar-refractivity contribution in [3.05, 3.63) is 28.8 Å². The number of ether oxygens (including phenoxy) is 2. The molecule has 1 aromatic carbocycles. The van der Waals surface area contributed by atoms with Gasteiger partial charge in [-0.15, -0.1) is 0 Å². The molecule has 20 heavy (non-hydrogen) atoms. The highest BCUT2D eigenvalue weighted by molar-refractivity contribution is 6.31. The summed E-state index contributed by atoms with van der Waals surface area (Å²) in [6, 6.07) is 4.81. The van der Waals surface area contributed by atoms with Crippen molar-refractivity contribution >= 4 is 17.5 Å². The second-order valence-corrected chi connectivity index (χ2v) is 5.88. The van der Waals surface area contributed by atoms with Crippen molar-refractivity contribution < 1.29 is 14.3 Å². The first-order valence-electron chi connectivity index (χ1n) is 6.48. The number of nitrogens with two attached hydrogens (primary N) is 1. The van der Waals surface area contributed by atoms with Crippen LogP contribution in [0.3, 0.4) is 0 Å². The van der Waals surface area contributed by atoms with E-state index in [9.17, 15) is 4.79 Å². The lowest BCUT2D eigenvalue weighted by Crippen LogP contribution is -2.52. The van der Waals surface area contributed by atoms with Crippen LogP contribution < -0.4 is 15.8 Å². The largest absolute Gasteiger partial charge is 0.490 e. The normalized spacial score (nSPS) is 21.4. The van der Waals surface area contributed by atoms with E-state index in [1.54, 1.807) is 12.1 Å². The smallest absolute Gasteiger partial charge is 0.252 e. The molecule has 0 radical (unpaired) electrons. The SMILES string of the molecule is CC1(C)CNCC(COc2ccc(Cl)cc2C(N)=O)O1. The molecule has 1 fully saturated rings. The summed E-state index contributed by atoms with van der Waals surface area (Å²) < 4.78 is 11.6. The summed E-state index contributed by atoms with van der Waals surface area (Å²) in [5.41, 5.74) is 5.37. The standard InChI is InChI=1S/C14H19ClN2O3/c1-14(2)8-17-6-10(20-14)7-19-12-4-3-9(15)5-11(12)13(16)18/h3-5,10,17H,6-8H2,1-2H3,(H2,16,18). The quantitative estimate of drug-likeness (QED) is 0.885. The molecule has 1 heterocycles. The van der Waals surface area contributed by atoms with Crippen LogP contribution in [-0.2, 0) is 4.74 Å². The molecule has 110 valence electrons. The molecular formula is C14H19ClN2O3. The van der Waals surface area contributed by atoms with E-state index in [2.05, 4.69) is 5.32 Å². The number of halogens is 1. The van der Waals surface area contributed by atoms with Crippen molar-refractivity contribution in [2.24, 2.45) is 5.73 Å². The maximum Gasteiger partial charge on any atom is 0.252 e. The number of hydrogen-bond donors (Lipinski definition) is 2. The van der Waals surface area contributed by atoms with E-state index in [1.165, 1.54) is 6.07 Å². The number of primary amides is 1. The third kappa shape index (κ3) is 3.85. The third-order valence-electron chi connectivity index (χ3n) is 3.04. The first kappa shape index (κ1) is 15.1. The predicted molar refractivity (Wildman–Crippen MR) is 77.3 cm³/mol. The summed E-state index contributed by atoms with van der Waals surface area (Å²) in [6.07, 6.45) is -0.0739. The molecule has 2 rings (SSSR count). The van der Waals surface area contributed by atoms with Crippen LogP contribution in [-0.4, -0.2) is 37.3 Å². The number of morpholine rings is 1. The molecule has 1 atom stereocenters. The van der Waals surface area contributed by atoms with Gasteiger partial charge in [0, 0.05) is 18.1 Å². The van der Waals surface area contributed by atoms with Gasteiger partial charge < -0.3 is 20.5 Å². The molecule has 0 aliphatic carbocycles. The van der Waals surface area contributed by atoms with Crippen LogP contribution in [0, 0.1) is 0 Å². The second-order valence-electron chi connectivity index (χ2n) is 5.45. The van der Waals surface area contributed by atoms with E-state index in [0.717, 1.165) is 6.54 Å². The molecule has 0 bridgehead atoms. The fourth-order valence-electron chi connectivity index (χ4n) is 2.17. The highest BCUT2D eigenvalue weighted by Crippen LogP contribution is 2.23. The lowest BCUT2D eigenvalue weighted by atomic mass is 10.1. The van der Waals surface area contributed by atoms with Crippen molar-refractivity contribution in [3.8, 4) is 5.75 Å². The third-order valence-corrected chi connectivity index (χ3v) is 3.28. The zero-order valence-corrected chi connectivity index (χ0v) is 12.4. The highest BCUT2D eigenvalue weighted by atomic mass is 35.5. The Morgan fingerprint density at radius 3 is 3.00 bits per heavy atom. The van der Waals surface area contributed by atoms with Gasteiger partial charge in [-0.2, -0.15) is 0 Å². The van der Waals surface area contributed by atoms with E-state index in [4.69, 9.17) is 26.8 Å². The van der Waals surface area contributed by atoms with Gasteiger partial charge in [0.2, 0.25) is 0 Å². The molecule has 1 unspecified atom stereocenters. The van der Waals surface area contributed by atoms with Gasteiger partial charge in [-0.25, -0.2) is 0 Å². The van der Waals surface area contributed by atoms with Crippen LogP contribution in [0.25, 0.3) is 0 Å². The lowest BCUT2D eigenvalue weighted by Gasteiger charge is -2.36. The van der Waals surface area contributed by atoms with E-state index in [1.807, 2.05) is 13.8 Å². The van der Waals surface area contributed by atoms with E-state index >= 15 is 0 Å². The first-order chi connectivity index (χ1) is 9.37. The summed E-state index contributed by atoms with van der Waals surface area (Å²) in [5.74, 6) is -0.139. The van der Waals surface area contributed by atoms with Crippen molar-refractivity contribution in [1.29, 1.82) is 0 Å². The number of hydrogen-bond acceptors (Lipinski definition) is 4. The molecule has 0 aromatic heterocycles. The number of benzene rings is 1.